The molecule has 0 heterocycles. The lowest BCUT2D eigenvalue weighted by Gasteiger charge is -2.02. The fraction of sp³-hybridized carbons (Fsp3) is 0.308. The van der Waals surface area contributed by atoms with E-state index >= 15 is 0 Å². The van der Waals surface area contributed by atoms with Crippen LogP contribution in [-0.4, -0.2) is 5.71 Å². The molecule has 0 saturated carbocycles. The van der Waals surface area contributed by atoms with Gasteiger partial charge in [-0.15, -0.1) is 0 Å². The van der Waals surface area contributed by atoms with Gasteiger partial charge in [0.1, 0.15) is 0 Å². The molecule has 0 spiro atoms. The van der Waals surface area contributed by atoms with E-state index in [4.69, 9.17) is 0 Å². The maximum Gasteiger partial charge on any atom is 0.0658 e. The summed E-state index contributed by atoms with van der Waals surface area (Å²) in [5.74, 6) is 0. The lowest BCUT2D eigenvalue weighted by Crippen LogP contribution is -1.89. The maximum absolute atomic E-state index is 4.56. The first-order chi connectivity index (χ1) is 6.77. The molecular formula is C13H17N. The Morgan fingerprint density at radius 1 is 1.29 bits per heavy atom. The van der Waals surface area contributed by atoms with Crippen LogP contribution in [0.15, 0.2) is 41.4 Å². The molecule has 1 nitrogen and oxygen atoms in total. The Bertz CT molecular complexity index is 334. The molecule has 0 unspecified atom stereocenters. The van der Waals surface area contributed by atoms with Gasteiger partial charge in [0, 0.05) is 5.71 Å². The molecule has 0 radical (unpaired) electrons. The largest absolute Gasteiger partial charge is 0.258 e. The molecule has 1 heteroatoms. The normalized spacial score (nSPS) is 13.1. The quantitative estimate of drug-likeness (QED) is 0.636. The van der Waals surface area contributed by atoms with Crippen LogP contribution in [0.1, 0.15) is 32.8 Å². The van der Waals surface area contributed by atoms with Crippen LogP contribution in [0.4, 0.5) is 0 Å². The summed E-state index contributed by atoms with van der Waals surface area (Å²) in [5, 5.41) is 0. The fourth-order valence-electron chi connectivity index (χ4n) is 1.19. The van der Waals surface area contributed by atoms with E-state index in [-0.39, 0.29) is 0 Å². The highest BCUT2D eigenvalue weighted by atomic mass is 14.7. The predicted molar refractivity (Wildman–Crippen MR) is 63.5 cm³/mol. The van der Waals surface area contributed by atoms with Gasteiger partial charge in [0.25, 0.3) is 0 Å². The minimum absolute atomic E-state index is 1.00. The summed E-state index contributed by atoms with van der Waals surface area (Å²) in [4.78, 5) is 4.56. The standard InChI is InChI=1S/C13H17N/c1-4-11(3)14-13(5-2)12-9-7-6-8-10-12/h5-10H,4H2,1-3H3/b13-5-,14-11?. The van der Waals surface area contributed by atoms with Gasteiger partial charge in [-0.05, 0) is 25.8 Å². The molecule has 14 heavy (non-hydrogen) atoms. The number of allylic oxidation sites excluding steroid dienone is 1. The van der Waals surface area contributed by atoms with Gasteiger partial charge in [-0.25, -0.2) is 0 Å². The van der Waals surface area contributed by atoms with Crippen molar-refractivity contribution in [1.82, 2.24) is 0 Å². The SMILES string of the molecule is C/C=C(\N=C(C)CC)c1ccccc1. The van der Waals surface area contributed by atoms with Crippen LogP contribution in [-0.2, 0) is 0 Å². The van der Waals surface area contributed by atoms with Gasteiger partial charge >= 0.3 is 0 Å². The van der Waals surface area contributed by atoms with Crippen LogP contribution in [0.5, 0.6) is 0 Å². The van der Waals surface area contributed by atoms with Crippen molar-refractivity contribution in [3.8, 4) is 0 Å². The van der Waals surface area contributed by atoms with Crippen LogP contribution in [0.25, 0.3) is 5.70 Å². The monoisotopic (exact) mass is 187 g/mol. The second-order valence-electron chi connectivity index (χ2n) is 3.24. The van der Waals surface area contributed by atoms with Crippen LogP contribution in [0.3, 0.4) is 0 Å². The summed E-state index contributed by atoms with van der Waals surface area (Å²) < 4.78 is 0. The van der Waals surface area contributed by atoms with Crippen LogP contribution in [0, 0.1) is 0 Å². The first-order valence-corrected chi connectivity index (χ1v) is 5.03. The first-order valence-electron chi connectivity index (χ1n) is 5.03. The molecule has 0 atom stereocenters. The molecule has 1 aromatic carbocycles. The molecule has 0 aliphatic heterocycles. The third-order valence-corrected chi connectivity index (χ3v) is 2.17. The van der Waals surface area contributed by atoms with E-state index in [1.807, 2.05) is 25.1 Å². The smallest absolute Gasteiger partial charge is 0.0658 e. The Kier molecular flexibility index (Phi) is 4.11. The minimum Gasteiger partial charge on any atom is -0.258 e. The fourth-order valence-corrected chi connectivity index (χ4v) is 1.19. The first kappa shape index (κ1) is 10.7. The van der Waals surface area contributed by atoms with Crippen molar-refractivity contribution in [3.63, 3.8) is 0 Å². The van der Waals surface area contributed by atoms with Crippen molar-refractivity contribution < 1.29 is 0 Å². The lowest BCUT2D eigenvalue weighted by atomic mass is 10.1. The number of hydrogen-bond acceptors (Lipinski definition) is 1. The Morgan fingerprint density at radius 2 is 1.93 bits per heavy atom. The van der Waals surface area contributed by atoms with Crippen LogP contribution in [0.2, 0.25) is 0 Å². The van der Waals surface area contributed by atoms with Crippen molar-refractivity contribution in [2.75, 3.05) is 0 Å². The van der Waals surface area contributed by atoms with E-state index in [9.17, 15) is 0 Å². The molecule has 0 amide bonds. The summed E-state index contributed by atoms with van der Waals surface area (Å²) in [5.41, 5.74) is 3.41. The van der Waals surface area contributed by atoms with E-state index < -0.39 is 0 Å². The van der Waals surface area contributed by atoms with Crippen LogP contribution >= 0.6 is 0 Å². The molecule has 0 fully saturated rings. The number of rotatable bonds is 3. The average Bonchev–Trinajstić information content (AvgIpc) is 2.26. The predicted octanol–water partition coefficient (Wildman–Crippen LogP) is 3.92. The Hall–Kier alpha value is -1.37. The number of aliphatic imine (C=N–C) groups is 1. The van der Waals surface area contributed by atoms with Gasteiger partial charge in [0.2, 0.25) is 0 Å². The summed E-state index contributed by atoms with van der Waals surface area (Å²) in [6.45, 7) is 6.21. The third-order valence-electron chi connectivity index (χ3n) is 2.17. The number of nitrogens with zero attached hydrogens (tertiary/aromatic N) is 1. The Balaban J connectivity index is 2.96. The van der Waals surface area contributed by atoms with Gasteiger partial charge in [0.05, 0.1) is 5.70 Å². The second kappa shape index (κ2) is 5.38. The van der Waals surface area contributed by atoms with E-state index in [0.717, 1.165) is 12.1 Å². The average molecular weight is 187 g/mol. The van der Waals surface area contributed by atoms with Crippen molar-refractivity contribution in [1.29, 1.82) is 0 Å². The van der Waals surface area contributed by atoms with E-state index in [0.29, 0.717) is 0 Å². The highest BCUT2D eigenvalue weighted by Crippen LogP contribution is 2.15. The highest BCUT2D eigenvalue weighted by Gasteiger charge is 1.97. The summed E-state index contributed by atoms with van der Waals surface area (Å²) in [6.07, 6.45) is 3.05. The van der Waals surface area contributed by atoms with E-state index in [2.05, 4.69) is 37.0 Å². The summed E-state index contributed by atoms with van der Waals surface area (Å²) in [6, 6.07) is 10.3. The zero-order valence-corrected chi connectivity index (χ0v) is 9.12. The van der Waals surface area contributed by atoms with Gasteiger partial charge in [-0.2, -0.15) is 0 Å². The maximum atomic E-state index is 4.56. The van der Waals surface area contributed by atoms with Gasteiger partial charge in [-0.1, -0.05) is 43.3 Å². The highest BCUT2D eigenvalue weighted by molar-refractivity contribution is 5.87. The number of hydrogen-bond donors (Lipinski definition) is 0. The molecular weight excluding hydrogens is 170 g/mol. The van der Waals surface area contributed by atoms with Gasteiger partial charge in [-0.3, -0.25) is 4.99 Å². The molecule has 0 bridgehead atoms. The zero-order chi connectivity index (χ0) is 10.4. The molecule has 1 aromatic rings. The molecule has 0 aliphatic carbocycles. The molecule has 0 aromatic heterocycles. The minimum atomic E-state index is 1.00. The lowest BCUT2D eigenvalue weighted by molar-refractivity contribution is 1.25. The van der Waals surface area contributed by atoms with E-state index in [1.54, 1.807) is 0 Å². The molecule has 0 saturated heterocycles. The number of benzene rings is 1. The van der Waals surface area contributed by atoms with E-state index in [1.165, 1.54) is 11.3 Å². The summed E-state index contributed by atoms with van der Waals surface area (Å²) in [7, 11) is 0. The summed E-state index contributed by atoms with van der Waals surface area (Å²) >= 11 is 0. The third kappa shape index (κ3) is 2.84. The Morgan fingerprint density at radius 3 is 2.43 bits per heavy atom. The van der Waals surface area contributed by atoms with Crippen molar-refractivity contribution in [3.05, 3.63) is 42.0 Å². The molecule has 74 valence electrons. The molecule has 0 N–H and O–H groups in total. The molecule has 0 aliphatic rings. The van der Waals surface area contributed by atoms with Crippen LogP contribution < -0.4 is 0 Å². The molecule has 1 rings (SSSR count). The van der Waals surface area contributed by atoms with Crippen molar-refractivity contribution in [2.45, 2.75) is 27.2 Å². The van der Waals surface area contributed by atoms with Gasteiger partial charge in [0.15, 0.2) is 0 Å². The van der Waals surface area contributed by atoms with Crippen molar-refractivity contribution in [2.24, 2.45) is 4.99 Å². The zero-order valence-electron chi connectivity index (χ0n) is 9.12. The topological polar surface area (TPSA) is 12.4 Å². The Labute approximate surface area is 86.2 Å². The van der Waals surface area contributed by atoms with Gasteiger partial charge < -0.3 is 0 Å². The second-order valence-corrected chi connectivity index (χ2v) is 3.24. The van der Waals surface area contributed by atoms with Crippen molar-refractivity contribution >= 4 is 11.4 Å².